The van der Waals surface area contributed by atoms with E-state index in [1.165, 1.54) is 6.42 Å². The monoisotopic (exact) mass is 209 g/mol. The first-order valence-corrected chi connectivity index (χ1v) is 6.20. The zero-order valence-electron chi connectivity index (χ0n) is 9.08. The summed E-state index contributed by atoms with van der Waals surface area (Å²) in [6, 6.07) is 0.873. The second-order valence-electron chi connectivity index (χ2n) is 5.30. The van der Waals surface area contributed by atoms with Gasteiger partial charge in [0.2, 0.25) is 0 Å². The molecule has 0 aromatic carbocycles. The zero-order valence-corrected chi connectivity index (χ0v) is 9.08. The van der Waals surface area contributed by atoms with Crippen LogP contribution in [0, 0.1) is 11.8 Å². The number of hydrogen-bond donors (Lipinski definition) is 1. The van der Waals surface area contributed by atoms with Crippen LogP contribution in [-0.2, 0) is 9.53 Å². The smallest absolute Gasteiger partial charge is 0.139 e. The Morgan fingerprint density at radius 3 is 2.27 bits per heavy atom. The molecule has 2 saturated heterocycles. The normalized spacial score (nSPS) is 40.9. The highest BCUT2D eigenvalue weighted by molar-refractivity contribution is 5.84. The number of fused-ring (bicyclic) bond motifs is 2. The molecular formula is C12H19NO2. The predicted molar refractivity (Wildman–Crippen MR) is 56.6 cm³/mol. The van der Waals surface area contributed by atoms with Crippen LogP contribution in [0.1, 0.15) is 32.1 Å². The fraction of sp³-hybridized carbons (Fsp3) is 0.917. The molecule has 3 fully saturated rings. The maximum atomic E-state index is 12.1. The number of morpholine rings is 1. The molecule has 15 heavy (non-hydrogen) atoms. The number of carbonyl (C=O) groups is 1. The van der Waals surface area contributed by atoms with Gasteiger partial charge in [-0.25, -0.2) is 0 Å². The van der Waals surface area contributed by atoms with Crippen LogP contribution in [0.2, 0.25) is 0 Å². The lowest BCUT2D eigenvalue weighted by molar-refractivity contribution is -0.132. The van der Waals surface area contributed by atoms with E-state index in [1.54, 1.807) is 0 Å². The minimum absolute atomic E-state index is 0.329. The molecule has 2 atom stereocenters. The van der Waals surface area contributed by atoms with Crippen LogP contribution < -0.4 is 5.32 Å². The van der Waals surface area contributed by atoms with Crippen molar-refractivity contribution < 1.29 is 9.53 Å². The fourth-order valence-electron chi connectivity index (χ4n) is 3.10. The predicted octanol–water partition coefficient (Wildman–Crippen LogP) is 1.12. The third-order valence-electron chi connectivity index (χ3n) is 4.16. The second-order valence-corrected chi connectivity index (χ2v) is 5.30. The van der Waals surface area contributed by atoms with Crippen LogP contribution in [-0.4, -0.2) is 31.1 Å². The van der Waals surface area contributed by atoms with Gasteiger partial charge in [0.1, 0.15) is 5.78 Å². The quantitative estimate of drug-likeness (QED) is 0.740. The third kappa shape index (κ3) is 1.83. The van der Waals surface area contributed by atoms with Gasteiger partial charge in [0.25, 0.3) is 0 Å². The highest BCUT2D eigenvalue weighted by atomic mass is 16.5. The van der Waals surface area contributed by atoms with Gasteiger partial charge in [-0.3, -0.25) is 4.79 Å². The summed E-state index contributed by atoms with van der Waals surface area (Å²) < 4.78 is 5.49. The number of hydrogen-bond acceptors (Lipinski definition) is 3. The molecule has 1 N–H and O–H groups in total. The molecule has 3 heteroatoms. The molecule has 0 amide bonds. The van der Waals surface area contributed by atoms with E-state index in [9.17, 15) is 4.79 Å². The molecule has 3 aliphatic rings. The topological polar surface area (TPSA) is 38.3 Å². The average molecular weight is 209 g/mol. The van der Waals surface area contributed by atoms with Crippen molar-refractivity contribution in [1.82, 2.24) is 5.32 Å². The summed E-state index contributed by atoms with van der Waals surface area (Å²) in [6.45, 7) is 1.59. The van der Waals surface area contributed by atoms with Gasteiger partial charge in [-0.1, -0.05) is 6.42 Å². The van der Waals surface area contributed by atoms with Gasteiger partial charge in [0.15, 0.2) is 0 Å². The minimum atomic E-state index is 0.329. The Kier molecular flexibility index (Phi) is 2.53. The summed E-state index contributed by atoms with van der Waals surface area (Å²) in [7, 11) is 0. The first-order chi connectivity index (χ1) is 7.33. The third-order valence-corrected chi connectivity index (χ3v) is 4.16. The average Bonchev–Trinajstić information content (AvgIpc) is 2.14. The van der Waals surface area contributed by atoms with Crippen LogP contribution in [0.4, 0.5) is 0 Å². The molecule has 1 saturated carbocycles. The van der Waals surface area contributed by atoms with Crippen LogP contribution in [0.15, 0.2) is 0 Å². The molecule has 1 aliphatic carbocycles. The van der Waals surface area contributed by atoms with Crippen LogP contribution in [0.5, 0.6) is 0 Å². The maximum Gasteiger partial charge on any atom is 0.139 e. The largest absolute Gasteiger partial charge is 0.378 e. The number of carbonyl (C=O) groups excluding carboxylic acids is 1. The Labute approximate surface area is 90.6 Å². The Hall–Kier alpha value is -0.410. The van der Waals surface area contributed by atoms with Crippen LogP contribution in [0.25, 0.3) is 0 Å². The summed E-state index contributed by atoms with van der Waals surface area (Å²) in [5, 5.41) is 3.54. The number of ether oxygens (including phenoxy) is 1. The van der Waals surface area contributed by atoms with Gasteiger partial charge in [0, 0.05) is 23.9 Å². The summed E-state index contributed by atoms with van der Waals surface area (Å²) in [6.07, 6.45) is 5.57. The van der Waals surface area contributed by atoms with E-state index in [2.05, 4.69) is 5.32 Å². The van der Waals surface area contributed by atoms with Gasteiger partial charge in [-0.2, -0.15) is 0 Å². The number of rotatable bonds is 2. The molecule has 2 bridgehead atoms. The lowest BCUT2D eigenvalue weighted by Crippen LogP contribution is -2.55. The van der Waals surface area contributed by atoms with E-state index in [0.29, 0.717) is 29.7 Å². The maximum absolute atomic E-state index is 12.1. The van der Waals surface area contributed by atoms with Crippen molar-refractivity contribution in [3.8, 4) is 0 Å². The van der Waals surface area contributed by atoms with E-state index in [4.69, 9.17) is 4.74 Å². The standard InChI is InChI=1S/C12H19NO2/c14-12(8-2-1-3-8)9-4-10-6-15-7-11(5-9)13-10/h8-11,13H,1-7H2. The highest BCUT2D eigenvalue weighted by Crippen LogP contribution is 2.34. The van der Waals surface area contributed by atoms with E-state index in [-0.39, 0.29) is 0 Å². The van der Waals surface area contributed by atoms with Gasteiger partial charge in [0.05, 0.1) is 13.2 Å². The van der Waals surface area contributed by atoms with Crippen molar-refractivity contribution >= 4 is 5.78 Å². The van der Waals surface area contributed by atoms with Crippen LogP contribution in [0.3, 0.4) is 0 Å². The Morgan fingerprint density at radius 2 is 1.73 bits per heavy atom. The summed E-state index contributed by atoms with van der Waals surface area (Å²) in [5.41, 5.74) is 0. The van der Waals surface area contributed by atoms with E-state index >= 15 is 0 Å². The van der Waals surface area contributed by atoms with Crippen molar-refractivity contribution in [2.24, 2.45) is 11.8 Å². The minimum Gasteiger partial charge on any atom is -0.378 e. The molecule has 3 nitrogen and oxygen atoms in total. The molecule has 2 unspecified atom stereocenters. The number of nitrogens with one attached hydrogen (secondary N) is 1. The van der Waals surface area contributed by atoms with E-state index in [1.807, 2.05) is 0 Å². The molecule has 0 radical (unpaired) electrons. The van der Waals surface area contributed by atoms with Gasteiger partial charge in [-0.05, 0) is 25.7 Å². The summed E-state index contributed by atoms with van der Waals surface area (Å²) >= 11 is 0. The Morgan fingerprint density at radius 1 is 1.07 bits per heavy atom. The first kappa shape index (κ1) is 9.79. The van der Waals surface area contributed by atoms with Gasteiger partial charge < -0.3 is 10.1 Å². The first-order valence-electron chi connectivity index (χ1n) is 6.20. The highest BCUT2D eigenvalue weighted by Gasteiger charge is 2.38. The van der Waals surface area contributed by atoms with Crippen molar-refractivity contribution in [1.29, 1.82) is 0 Å². The number of ketones is 1. The van der Waals surface area contributed by atoms with Gasteiger partial charge in [-0.15, -0.1) is 0 Å². The van der Waals surface area contributed by atoms with Gasteiger partial charge >= 0.3 is 0 Å². The number of piperidine rings is 1. The van der Waals surface area contributed by atoms with Crippen molar-refractivity contribution in [2.45, 2.75) is 44.2 Å². The SMILES string of the molecule is O=C(C1CCC1)C1CC2COCC(C1)N2. The molecular weight excluding hydrogens is 190 g/mol. The molecule has 0 spiro atoms. The summed E-state index contributed by atoms with van der Waals surface area (Å²) in [4.78, 5) is 12.1. The molecule has 2 aliphatic heterocycles. The fourth-order valence-corrected chi connectivity index (χ4v) is 3.10. The van der Waals surface area contributed by atoms with Crippen LogP contribution >= 0.6 is 0 Å². The number of Topliss-reactive ketones (excluding diaryl/α,β-unsaturated/α-hetero) is 1. The Bertz CT molecular complexity index is 250. The Balaban J connectivity index is 1.63. The molecule has 3 rings (SSSR count). The van der Waals surface area contributed by atoms with Crippen molar-refractivity contribution in [3.63, 3.8) is 0 Å². The van der Waals surface area contributed by atoms with E-state index in [0.717, 1.165) is 38.9 Å². The molecule has 0 aromatic heterocycles. The molecule has 2 heterocycles. The lowest BCUT2D eigenvalue weighted by Gasteiger charge is -2.41. The van der Waals surface area contributed by atoms with Crippen molar-refractivity contribution in [2.75, 3.05) is 13.2 Å². The second kappa shape index (κ2) is 3.87. The zero-order chi connectivity index (χ0) is 10.3. The summed E-state index contributed by atoms with van der Waals surface area (Å²) in [5.74, 6) is 1.30. The van der Waals surface area contributed by atoms with Crippen molar-refractivity contribution in [3.05, 3.63) is 0 Å². The lowest BCUT2D eigenvalue weighted by atomic mass is 9.73. The van der Waals surface area contributed by atoms with E-state index < -0.39 is 0 Å². The molecule has 0 aromatic rings. The molecule has 84 valence electrons.